The van der Waals surface area contributed by atoms with Gasteiger partial charge in [0.2, 0.25) is 5.28 Å². The molecule has 0 bridgehead atoms. The van der Waals surface area contributed by atoms with E-state index in [1.165, 1.54) is 0 Å². The van der Waals surface area contributed by atoms with E-state index in [2.05, 4.69) is 24.4 Å². The first-order valence-electron chi connectivity index (χ1n) is 6.28. The molecule has 10 nitrogen and oxygen atoms in total. The number of rotatable bonds is 0. The lowest BCUT2D eigenvalue weighted by Crippen LogP contribution is -2.26. The van der Waals surface area contributed by atoms with Crippen LogP contribution in [-0.4, -0.2) is 31.9 Å². The Morgan fingerprint density at radius 1 is 0.875 bits per heavy atom. The number of fused-ring (bicyclic) bond motifs is 2. The molecule has 124 valence electrons. The van der Waals surface area contributed by atoms with Gasteiger partial charge in [-0.1, -0.05) is 11.6 Å². The summed E-state index contributed by atoms with van der Waals surface area (Å²) in [6, 6.07) is 0. The molecule has 0 atom stereocenters. The van der Waals surface area contributed by atoms with Crippen molar-refractivity contribution in [1.29, 1.82) is 0 Å². The minimum Gasteiger partial charge on any atom is -0.456 e. The number of carbonyl (C=O) groups is 2. The van der Waals surface area contributed by atoms with Crippen molar-refractivity contribution in [3.8, 4) is 0 Å². The monoisotopic (exact) mass is 372 g/mol. The second-order valence-corrected chi connectivity index (χ2v) is 5.22. The first-order valence-corrected chi connectivity index (χ1v) is 7.04. The highest BCUT2D eigenvalue weighted by atomic mass is 35.5. The topological polar surface area (TPSA) is 144 Å². The summed E-state index contributed by atoms with van der Waals surface area (Å²) >= 11 is 11.2. The van der Waals surface area contributed by atoms with Crippen molar-refractivity contribution in [2.24, 2.45) is 0 Å². The summed E-state index contributed by atoms with van der Waals surface area (Å²) in [5.41, 5.74) is -0.452. The Balaban J connectivity index is 0.000000141. The Morgan fingerprint density at radius 3 is 2.29 bits per heavy atom. The lowest BCUT2D eigenvalue weighted by Gasteiger charge is -1.95. The number of cyclic esters (lactones) is 2. The van der Waals surface area contributed by atoms with Crippen molar-refractivity contribution in [3.63, 3.8) is 0 Å². The quantitative estimate of drug-likeness (QED) is 0.378. The predicted molar refractivity (Wildman–Crippen MR) is 78.0 cm³/mol. The van der Waals surface area contributed by atoms with E-state index in [0.29, 0.717) is 5.56 Å². The highest BCUT2D eigenvalue weighted by molar-refractivity contribution is 6.32. The second-order valence-electron chi connectivity index (χ2n) is 4.52. The van der Waals surface area contributed by atoms with Crippen LogP contribution in [-0.2, 0) is 22.7 Å². The van der Waals surface area contributed by atoms with E-state index < -0.39 is 23.2 Å². The number of nitrogens with one attached hydrogen (secondary N) is 2. The molecule has 2 N–H and O–H groups in total. The van der Waals surface area contributed by atoms with Crippen molar-refractivity contribution >= 4 is 35.1 Å². The number of nitrogens with zero attached hydrogens (tertiary/aromatic N) is 2. The Morgan fingerprint density at radius 2 is 1.54 bits per heavy atom. The molecule has 4 heterocycles. The molecule has 0 aliphatic carbocycles. The number of aromatic amines is 2. The summed E-state index contributed by atoms with van der Waals surface area (Å²) in [6.07, 6.45) is 0. The average molecular weight is 373 g/mol. The molecule has 0 saturated carbocycles. The summed E-state index contributed by atoms with van der Waals surface area (Å²) < 4.78 is 9.20. The molecule has 0 spiro atoms. The largest absolute Gasteiger partial charge is 0.456 e. The second kappa shape index (κ2) is 6.06. The van der Waals surface area contributed by atoms with Gasteiger partial charge in [-0.2, -0.15) is 0 Å². The van der Waals surface area contributed by atoms with E-state index in [1.807, 2.05) is 4.98 Å². The van der Waals surface area contributed by atoms with Gasteiger partial charge in [0.05, 0.1) is 11.1 Å². The number of hydrogen-bond acceptors (Lipinski definition) is 8. The SMILES string of the molecule is O=C1OCc2c(Cl)nc(Cl)nc21.O=C1OCc2c1[nH]c(=O)[nH]c2=O. The maximum absolute atomic E-state index is 11.0. The molecule has 0 unspecified atom stereocenters. The van der Waals surface area contributed by atoms with Crippen LogP contribution in [0.1, 0.15) is 32.1 Å². The van der Waals surface area contributed by atoms with Crippen molar-refractivity contribution < 1.29 is 19.1 Å². The zero-order valence-electron chi connectivity index (χ0n) is 11.5. The van der Waals surface area contributed by atoms with Gasteiger partial charge < -0.3 is 14.5 Å². The minimum atomic E-state index is -0.697. The van der Waals surface area contributed by atoms with Crippen LogP contribution in [0.25, 0.3) is 0 Å². The maximum Gasteiger partial charge on any atom is 0.357 e. The number of hydrogen-bond donors (Lipinski definition) is 2. The van der Waals surface area contributed by atoms with E-state index in [0.717, 1.165) is 0 Å². The van der Waals surface area contributed by atoms with Crippen LogP contribution in [0, 0.1) is 0 Å². The molecule has 0 radical (unpaired) electrons. The number of halogens is 2. The molecule has 4 rings (SSSR count). The van der Waals surface area contributed by atoms with Crippen LogP contribution in [0.5, 0.6) is 0 Å². The zero-order valence-corrected chi connectivity index (χ0v) is 13.0. The van der Waals surface area contributed by atoms with Crippen molar-refractivity contribution in [3.05, 3.63) is 53.8 Å². The zero-order chi connectivity index (χ0) is 17.4. The fourth-order valence-corrected chi connectivity index (χ4v) is 2.40. The molecular weight excluding hydrogens is 367 g/mol. The normalized spacial score (nSPS) is 14.2. The third kappa shape index (κ3) is 2.88. The summed E-state index contributed by atoms with van der Waals surface area (Å²) in [6.45, 7) is 0.0600. The lowest BCUT2D eigenvalue weighted by atomic mass is 10.3. The highest BCUT2D eigenvalue weighted by Crippen LogP contribution is 2.25. The first kappa shape index (κ1) is 16.1. The van der Waals surface area contributed by atoms with Gasteiger partial charge in [-0.3, -0.25) is 9.78 Å². The Hall–Kier alpha value is -2.72. The van der Waals surface area contributed by atoms with Gasteiger partial charge in [0.15, 0.2) is 5.69 Å². The molecule has 0 saturated heterocycles. The van der Waals surface area contributed by atoms with Crippen LogP contribution >= 0.6 is 23.2 Å². The smallest absolute Gasteiger partial charge is 0.357 e. The molecule has 24 heavy (non-hydrogen) atoms. The molecule has 2 aliphatic rings. The summed E-state index contributed by atoms with van der Waals surface area (Å²) in [4.78, 5) is 55.0. The Bertz CT molecular complexity index is 982. The fourth-order valence-electron chi connectivity index (χ4n) is 1.97. The van der Waals surface area contributed by atoms with Crippen LogP contribution in [0.4, 0.5) is 0 Å². The molecule has 0 amide bonds. The third-order valence-corrected chi connectivity index (χ3v) is 3.55. The van der Waals surface area contributed by atoms with Gasteiger partial charge in [-0.05, 0) is 11.6 Å². The molecule has 2 aromatic rings. The average Bonchev–Trinajstić information content (AvgIpc) is 3.05. The summed E-state index contributed by atoms with van der Waals surface area (Å²) in [5.74, 6) is -1.16. The Labute approximate surface area is 141 Å². The fraction of sp³-hybridized carbons (Fsp3) is 0.167. The van der Waals surface area contributed by atoms with Crippen molar-refractivity contribution in [1.82, 2.24) is 19.9 Å². The summed E-state index contributed by atoms with van der Waals surface area (Å²) in [5, 5.41) is 0.133. The van der Waals surface area contributed by atoms with Crippen molar-refractivity contribution in [2.45, 2.75) is 13.2 Å². The van der Waals surface area contributed by atoms with Gasteiger partial charge in [-0.25, -0.2) is 24.4 Å². The number of H-pyrrole nitrogens is 2. The highest BCUT2D eigenvalue weighted by Gasteiger charge is 2.27. The van der Waals surface area contributed by atoms with Gasteiger partial charge in [0, 0.05) is 0 Å². The Kier molecular flexibility index (Phi) is 4.08. The standard InChI is InChI=1S/C6H2Cl2N2O2.C6H4N2O4/c7-4-2-1-12-5(11)3(2)9-6(8)10-4;9-4-2-1-12-5(10)3(2)7-6(11)8-4/h1H2;1H2,(H2,7,8,9,11). The number of carbonyl (C=O) groups excluding carboxylic acids is 2. The van der Waals surface area contributed by atoms with Gasteiger partial charge >= 0.3 is 17.6 Å². The number of esters is 2. The first-order chi connectivity index (χ1) is 11.4. The number of aromatic nitrogens is 4. The minimum absolute atomic E-state index is 0.0382. The van der Waals surface area contributed by atoms with Crippen LogP contribution < -0.4 is 11.2 Å². The van der Waals surface area contributed by atoms with E-state index in [1.54, 1.807) is 0 Å². The van der Waals surface area contributed by atoms with E-state index >= 15 is 0 Å². The molecule has 0 fully saturated rings. The van der Waals surface area contributed by atoms with Gasteiger partial charge in [0.1, 0.15) is 24.1 Å². The molecule has 0 aromatic carbocycles. The van der Waals surface area contributed by atoms with Gasteiger partial charge in [-0.15, -0.1) is 0 Å². The van der Waals surface area contributed by atoms with E-state index in [4.69, 9.17) is 23.2 Å². The molecule has 2 aromatic heterocycles. The van der Waals surface area contributed by atoms with E-state index in [9.17, 15) is 19.2 Å². The van der Waals surface area contributed by atoms with Crippen molar-refractivity contribution in [2.75, 3.05) is 0 Å². The van der Waals surface area contributed by atoms with E-state index in [-0.39, 0.29) is 40.6 Å². The molecular formula is C12H6Cl2N4O6. The maximum atomic E-state index is 11.0. The van der Waals surface area contributed by atoms with Crippen LogP contribution in [0.2, 0.25) is 10.4 Å². The molecule has 12 heteroatoms. The van der Waals surface area contributed by atoms with Crippen LogP contribution in [0.15, 0.2) is 9.59 Å². The van der Waals surface area contributed by atoms with Gasteiger partial charge in [0.25, 0.3) is 5.56 Å². The molecule has 2 aliphatic heterocycles. The van der Waals surface area contributed by atoms with Crippen LogP contribution in [0.3, 0.4) is 0 Å². The lowest BCUT2D eigenvalue weighted by molar-refractivity contribution is 0.0521. The third-order valence-electron chi connectivity index (χ3n) is 3.06. The predicted octanol–water partition coefficient (Wildman–Crippen LogP) is 0.187. The summed E-state index contributed by atoms with van der Waals surface area (Å²) in [7, 11) is 0. The number of ether oxygens (including phenoxy) is 2.